The lowest BCUT2D eigenvalue weighted by molar-refractivity contribution is -0.136. The summed E-state index contributed by atoms with van der Waals surface area (Å²) in [6.45, 7) is 15.9. The number of nitrogens with one attached hydrogen (secondary N) is 1. The highest BCUT2D eigenvalue weighted by molar-refractivity contribution is 6.06. The highest BCUT2D eigenvalue weighted by atomic mass is 19.1. The van der Waals surface area contributed by atoms with Crippen molar-refractivity contribution in [3.63, 3.8) is 0 Å². The van der Waals surface area contributed by atoms with E-state index in [1.807, 2.05) is 44.7 Å². The zero-order chi connectivity index (χ0) is 56.8. The Bertz CT molecular complexity index is 3350. The van der Waals surface area contributed by atoms with Crippen molar-refractivity contribution in [1.29, 1.82) is 0 Å². The van der Waals surface area contributed by atoms with Crippen molar-refractivity contribution in [2.75, 3.05) is 89.2 Å². The van der Waals surface area contributed by atoms with Crippen LogP contribution in [0, 0.1) is 22.5 Å². The molecule has 2 aliphatic carbocycles. The Morgan fingerprint density at radius 3 is 2.29 bits per heavy atom. The van der Waals surface area contributed by atoms with Gasteiger partial charge in [0, 0.05) is 100 Å². The van der Waals surface area contributed by atoms with Crippen LogP contribution in [0.15, 0.2) is 48.7 Å². The van der Waals surface area contributed by atoms with Crippen LogP contribution in [0.5, 0.6) is 11.8 Å². The summed E-state index contributed by atoms with van der Waals surface area (Å²) in [6.07, 6.45) is 10.6. The second-order valence-corrected chi connectivity index (χ2v) is 25.6. The zero-order valence-corrected chi connectivity index (χ0v) is 47.7. The Kier molecular flexibility index (Phi) is 14.0. The molecule has 5 saturated heterocycles. The molecule has 0 radical (unpaired) electrons. The summed E-state index contributed by atoms with van der Waals surface area (Å²) in [5.74, 6) is -0.980. The van der Waals surface area contributed by atoms with Crippen molar-refractivity contribution in [3.8, 4) is 23.0 Å². The number of imide groups is 1. The molecule has 1 N–H and O–H groups in total. The lowest BCUT2D eigenvalue weighted by atomic mass is 9.60. The summed E-state index contributed by atoms with van der Waals surface area (Å²) in [4.78, 5) is 79.1. The number of aromatic nitrogens is 3. The van der Waals surface area contributed by atoms with Crippen LogP contribution < -0.4 is 24.6 Å². The maximum atomic E-state index is 17.7. The number of fused-ring (bicyclic) bond motifs is 5. The van der Waals surface area contributed by atoms with Gasteiger partial charge in [0.15, 0.2) is 12.6 Å². The molecule has 3 atom stereocenters. The fourth-order valence-electron chi connectivity index (χ4n) is 14.5. The molecule has 8 heterocycles. The van der Waals surface area contributed by atoms with Gasteiger partial charge in [0.1, 0.15) is 40.2 Å². The molecule has 2 unspecified atom stereocenters. The molecule has 8 aliphatic rings. The van der Waals surface area contributed by atoms with E-state index in [0.29, 0.717) is 95.0 Å². The monoisotopic (exact) mass is 1120 g/mol. The number of hydrogen-bond donors (Lipinski definition) is 1. The number of likely N-dealkylation sites (tertiary alicyclic amines) is 1. The summed E-state index contributed by atoms with van der Waals surface area (Å²) in [5, 5.41) is 4.03. The molecule has 2 saturated carbocycles. The van der Waals surface area contributed by atoms with Gasteiger partial charge in [-0.3, -0.25) is 34.5 Å². The summed E-state index contributed by atoms with van der Waals surface area (Å²) >= 11 is 0. The third-order valence-electron chi connectivity index (χ3n) is 19.1. The number of aryl methyl sites for hydroxylation is 1. The van der Waals surface area contributed by atoms with E-state index >= 15 is 8.78 Å². The number of pyridine rings is 1. The predicted molar refractivity (Wildman–Crippen MR) is 304 cm³/mol. The SMILES string of the molecule is CCc1c(F)ccc2cc(OCOC)cc(-c3ncc4c(N5CC6CCC(C5)N6C(=O)OC(C)(C)C)nc(OCC5(CN6CCC7(CC6)CC(N6CCN(c8ccc9c(c8)CN([C@H]8CCC(=O)NC8=O)C9=O)CC6)C7)CC5)nc4c3F)c12. The number of rotatable bonds is 14. The van der Waals surface area contributed by atoms with E-state index < -0.39 is 23.4 Å². The van der Waals surface area contributed by atoms with Gasteiger partial charge in [-0.05, 0) is 162 Å². The van der Waals surface area contributed by atoms with E-state index in [-0.39, 0.29) is 71.7 Å². The van der Waals surface area contributed by atoms with Crippen LogP contribution in [-0.4, -0.2) is 168 Å². The van der Waals surface area contributed by atoms with Crippen LogP contribution in [-0.2, 0) is 32.0 Å². The van der Waals surface area contributed by atoms with E-state index in [1.165, 1.54) is 38.9 Å². The van der Waals surface area contributed by atoms with Gasteiger partial charge in [-0.25, -0.2) is 13.6 Å². The van der Waals surface area contributed by atoms with Crippen LogP contribution in [0.4, 0.5) is 25.1 Å². The van der Waals surface area contributed by atoms with Crippen molar-refractivity contribution in [1.82, 2.24) is 39.9 Å². The molecule has 434 valence electrons. The molecular weight excluding hydrogens is 1050 g/mol. The van der Waals surface area contributed by atoms with Crippen LogP contribution >= 0.6 is 0 Å². The van der Waals surface area contributed by atoms with E-state index in [4.69, 9.17) is 33.9 Å². The Morgan fingerprint density at radius 1 is 0.841 bits per heavy atom. The largest absolute Gasteiger partial charge is 0.468 e. The number of nitrogens with zero attached hydrogens (tertiary/aromatic N) is 9. The van der Waals surface area contributed by atoms with Gasteiger partial charge in [0.25, 0.3) is 5.91 Å². The van der Waals surface area contributed by atoms with Crippen LogP contribution in [0.25, 0.3) is 32.9 Å². The van der Waals surface area contributed by atoms with Crippen molar-refractivity contribution < 1.29 is 46.9 Å². The summed E-state index contributed by atoms with van der Waals surface area (Å²) < 4.78 is 56.9. The van der Waals surface area contributed by atoms with Crippen molar-refractivity contribution >= 4 is 57.0 Å². The Balaban J connectivity index is 0.673. The third kappa shape index (κ3) is 10.2. The summed E-state index contributed by atoms with van der Waals surface area (Å²) in [7, 11) is 1.52. The maximum Gasteiger partial charge on any atom is 0.410 e. The minimum absolute atomic E-state index is 0.00283. The molecule has 13 rings (SSSR count). The van der Waals surface area contributed by atoms with Gasteiger partial charge in [-0.15, -0.1) is 0 Å². The van der Waals surface area contributed by atoms with Gasteiger partial charge >= 0.3 is 12.1 Å². The standard InChI is InChI=1S/C62H74F2N10O8/c1-6-44-48(63)12-7-37-26-43(81-36-79-5)27-46(51(37)44)53-52(64)54-47(30-65-53)55(72-32-40-8-9-41(33-72)74(40)59(78)82-60(2,3)4)68-58(67-54)80-35-62(15-16-62)34-69-19-17-61(18-20-69)28-42(29-61)71-23-21-70(22-24-71)39-10-11-45-38(25-39)31-73(57(45)77)49-13-14-50(75)66-56(49)76/h7,10-12,25-27,30,40-42,49H,6,8-9,13-24,28-29,31-36H2,1-5H3,(H,66,75,76)/t40?,41?,49-/m0/s1. The van der Waals surface area contributed by atoms with Gasteiger partial charge in [-0.1, -0.05) is 13.0 Å². The van der Waals surface area contributed by atoms with Crippen molar-refractivity contribution in [2.24, 2.45) is 10.8 Å². The fraction of sp³-hybridized carbons (Fsp3) is 0.565. The van der Waals surface area contributed by atoms with Gasteiger partial charge in [0.2, 0.25) is 11.8 Å². The maximum absolute atomic E-state index is 17.7. The summed E-state index contributed by atoms with van der Waals surface area (Å²) in [5.41, 5.74) is 3.19. The molecule has 2 bridgehead atoms. The number of piperazine rings is 2. The Morgan fingerprint density at radius 2 is 1.60 bits per heavy atom. The molecule has 82 heavy (non-hydrogen) atoms. The van der Waals surface area contributed by atoms with E-state index in [2.05, 4.69) is 31.0 Å². The second kappa shape index (κ2) is 21.1. The average Bonchev–Trinajstić information content (AvgIpc) is 2.68. The van der Waals surface area contributed by atoms with Gasteiger partial charge in [0.05, 0.1) is 24.1 Å². The molecule has 2 aromatic heterocycles. The number of amides is 4. The highest BCUT2D eigenvalue weighted by Crippen LogP contribution is 2.53. The number of methoxy groups -OCH3 is 1. The molecule has 6 aliphatic heterocycles. The fourth-order valence-corrected chi connectivity index (χ4v) is 14.5. The van der Waals surface area contributed by atoms with Crippen LogP contribution in [0.2, 0.25) is 0 Å². The van der Waals surface area contributed by atoms with Crippen molar-refractivity contribution in [3.05, 3.63) is 77.0 Å². The first kappa shape index (κ1) is 54.5. The molecule has 20 heteroatoms. The lowest BCUT2D eigenvalue weighted by Gasteiger charge is -2.56. The highest BCUT2D eigenvalue weighted by Gasteiger charge is 2.51. The van der Waals surface area contributed by atoms with E-state index in [0.717, 1.165) is 82.7 Å². The molecule has 4 amide bonds. The number of ether oxygens (including phenoxy) is 4. The minimum atomic E-state index is -0.681. The van der Waals surface area contributed by atoms with Gasteiger partial charge in [-0.2, -0.15) is 9.97 Å². The molecule has 1 spiro atoms. The number of benzene rings is 3. The molecule has 18 nitrogen and oxygen atoms in total. The van der Waals surface area contributed by atoms with E-state index in [9.17, 15) is 19.2 Å². The van der Waals surface area contributed by atoms with Crippen LogP contribution in [0.1, 0.15) is 113 Å². The molecular formula is C62H74F2N10O8. The Hall–Kier alpha value is -6.77. The molecule has 3 aromatic carbocycles. The van der Waals surface area contributed by atoms with Crippen molar-refractivity contribution in [2.45, 2.75) is 135 Å². The quantitative estimate of drug-likeness (QED) is 0.0831. The number of anilines is 2. The molecule has 7 fully saturated rings. The summed E-state index contributed by atoms with van der Waals surface area (Å²) in [6, 6.07) is 12.4. The number of carbonyl (C=O) groups is 4. The number of carbonyl (C=O) groups excluding carboxylic acids is 4. The first-order chi connectivity index (χ1) is 39.5. The van der Waals surface area contributed by atoms with E-state index in [1.54, 1.807) is 29.3 Å². The number of piperidine rings is 2. The molecule has 5 aromatic rings. The normalized spacial score (nSPS) is 23.6. The third-order valence-corrected chi connectivity index (χ3v) is 19.1. The zero-order valence-electron chi connectivity index (χ0n) is 47.7. The minimum Gasteiger partial charge on any atom is -0.468 e. The van der Waals surface area contributed by atoms with Crippen LogP contribution in [0.3, 0.4) is 0 Å². The number of hydrogen-bond acceptors (Lipinski definition) is 15. The topological polar surface area (TPSA) is 175 Å². The number of halogens is 2. The Labute approximate surface area is 476 Å². The first-order valence-corrected chi connectivity index (χ1v) is 29.6. The second-order valence-electron chi connectivity index (χ2n) is 25.6. The average molecular weight is 1130 g/mol. The first-order valence-electron chi connectivity index (χ1n) is 29.6. The van der Waals surface area contributed by atoms with Gasteiger partial charge < -0.3 is 38.5 Å². The lowest BCUT2D eigenvalue weighted by Crippen LogP contribution is -2.59. The smallest absolute Gasteiger partial charge is 0.410 e. The predicted octanol–water partition coefficient (Wildman–Crippen LogP) is 8.24.